The highest BCUT2D eigenvalue weighted by Crippen LogP contribution is 2.36. The van der Waals surface area contributed by atoms with E-state index in [9.17, 15) is 9.59 Å². The fourth-order valence-electron chi connectivity index (χ4n) is 3.60. The number of benzene rings is 3. The number of carbonyl (C=O) groups is 2. The van der Waals surface area contributed by atoms with Gasteiger partial charge in [0.1, 0.15) is 12.3 Å². The quantitative estimate of drug-likeness (QED) is 0.739. The van der Waals surface area contributed by atoms with E-state index in [2.05, 4.69) is 5.32 Å². The van der Waals surface area contributed by atoms with E-state index in [1.54, 1.807) is 17.0 Å². The van der Waals surface area contributed by atoms with Gasteiger partial charge in [-0.25, -0.2) is 0 Å². The van der Waals surface area contributed by atoms with Crippen LogP contribution in [0.3, 0.4) is 0 Å². The molecule has 4 rings (SSSR count). The predicted octanol–water partition coefficient (Wildman–Crippen LogP) is 3.94. The first-order valence-corrected chi connectivity index (χ1v) is 9.54. The van der Waals surface area contributed by atoms with Crippen LogP contribution in [-0.4, -0.2) is 29.9 Å². The molecule has 0 saturated carbocycles. The van der Waals surface area contributed by atoms with Crippen molar-refractivity contribution in [3.05, 3.63) is 95.6 Å². The number of aryl methyl sites for hydroxylation is 1. The van der Waals surface area contributed by atoms with Crippen LogP contribution in [0.2, 0.25) is 0 Å². The number of hydrogen-bond acceptors (Lipinski definition) is 3. The average molecular weight is 386 g/mol. The zero-order valence-electron chi connectivity index (χ0n) is 16.2. The van der Waals surface area contributed by atoms with E-state index in [-0.39, 0.29) is 31.0 Å². The molecule has 0 radical (unpaired) electrons. The van der Waals surface area contributed by atoms with E-state index in [4.69, 9.17) is 4.74 Å². The molecule has 3 aromatic carbocycles. The van der Waals surface area contributed by atoms with Crippen LogP contribution in [-0.2, 0) is 9.59 Å². The molecule has 5 heteroatoms. The molecular formula is C24H22N2O3. The third-order valence-corrected chi connectivity index (χ3v) is 4.94. The SMILES string of the molecule is Cc1ccc2c(c1)C(c1ccccc1)N(C(=O)COc1ccccc1)CC(=O)N2. The zero-order chi connectivity index (χ0) is 20.2. The van der Waals surface area contributed by atoms with Gasteiger partial charge in [0, 0.05) is 11.3 Å². The van der Waals surface area contributed by atoms with Gasteiger partial charge < -0.3 is 15.0 Å². The van der Waals surface area contributed by atoms with Gasteiger partial charge in [-0.15, -0.1) is 0 Å². The van der Waals surface area contributed by atoms with Crippen LogP contribution in [0.25, 0.3) is 0 Å². The van der Waals surface area contributed by atoms with E-state index in [0.717, 1.165) is 22.4 Å². The van der Waals surface area contributed by atoms with Crippen LogP contribution >= 0.6 is 0 Å². The Morgan fingerprint density at radius 3 is 2.45 bits per heavy atom. The maximum absolute atomic E-state index is 13.2. The maximum atomic E-state index is 13.2. The summed E-state index contributed by atoms with van der Waals surface area (Å²) in [6.45, 7) is 1.83. The smallest absolute Gasteiger partial charge is 0.261 e. The molecular weight excluding hydrogens is 364 g/mol. The first-order chi connectivity index (χ1) is 14.1. The molecule has 3 aromatic rings. The summed E-state index contributed by atoms with van der Waals surface area (Å²) < 4.78 is 5.67. The fraction of sp³-hybridized carbons (Fsp3) is 0.167. The average Bonchev–Trinajstić information content (AvgIpc) is 2.89. The number of carbonyl (C=O) groups excluding carboxylic acids is 2. The number of para-hydroxylation sites is 1. The second kappa shape index (κ2) is 8.19. The van der Waals surface area contributed by atoms with E-state index in [0.29, 0.717) is 5.75 Å². The number of amides is 2. The molecule has 1 aliphatic rings. The predicted molar refractivity (Wildman–Crippen MR) is 112 cm³/mol. The van der Waals surface area contributed by atoms with Crippen molar-refractivity contribution >= 4 is 17.5 Å². The molecule has 146 valence electrons. The second-order valence-corrected chi connectivity index (χ2v) is 7.08. The number of anilines is 1. The van der Waals surface area contributed by atoms with Crippen LogP contribution in [0.1, 0.15) is 22.7 Å². The summed E-state index contributed by atoms with van der Waals surface area (Å²) in [6, 6.07) is 24.5. The lowest BCUT2D eigenvalue weighted by atomic mass is 9.94. The summed E-state index contributed by atoms with van der Waals surface area (Å²) in [4.78, 5) is 27.3. The van der Waals surface area contributed by atoms with Crippen molar-refractivity contribution in [1.29, 1.82) is 0 Å². The van der Waals surface area contributed by atoms with Crippen molar-refractivity contribution < 1.29 is 14.3 Å². The van der Waals surface area contributed by atoms with Gasteiger partial charge in [-0.1, -0.05) is 66.2 Å². The topological polar surface area (TPSA) is 58.6 Å². The van der Waals surface area contributed by atoms with Crippen LogP contribution < -0.4 is 10.1 Å². The Morgan fingerprint density at radius 1 is 1.03 bits per heavy atom. The third kappa shape index (κ3) is 4.14. The highest BCUT2D eigenvalue weighted by atomic mass is 16.5. The molecule has 29 heavy (non-hydrogen) atoms. The normalized spacial score (nSPS) is 15.8. The van der Waals surface area contributed by atoms with Crippen LogP contribution in [0.15, 0.2) is 78.9 Å². The second-order valence-electron chi connectivity index (χ2n) is 7.08. The monoisotopic (exact) mass is 386 g/mol. The molecule has 5 nitrogen and oxygen atoms in total. The molecule has 1 aliphatic heterocycles. The Bertz CT molecular complexity index is 1020. The van der Waals surface area contributed by atoms with Gasteiger partial charge in [0.2, 0.25) is 5.91 Å². The molecule has 1 atom stereocenters. The number of rotatable bonds is 4. The first kappa shape index (κ1) is 18.7. The Balaban J connectivity index is 1.71. The van der Waals surface area contributed by atoms with Gasteiger partial charge in [-0.05, 0) is 30.7 Å². The molecule has 0 bridgehead atoms. The van der Waals surface area contributed by atoms with Crippen molar-refractivity contribution in [1.82, 2.24) is 4.90 Å². The minimum absolute atomic E-state index is 0.0374. The van der Waals surface area contributed by atoms with Crippen molar-refractivity contribution in [3.8, 4) is 5.75 Å². The molecule has 0 fully saturated rings. The van der Waals surface area contributed by atoms with Crippen LogP contribution in [0, 0.1) is 6.92 Å². The van der Waals surface area contributed by atoms with Gasteiger partial charge in [0.25, 0.3) is 5.91 Å². The Hall–Kier alpha value is -3.60. The van der Waals surface area contributed by atoms with Crippen molar-refractivity contribution in [3.63, 3.8) is 0 Å². The summed E-state index contributed by atoms with van der Waals surface area (Å²) in [5.74, 6) is 0.154. The van der Waals surface area contributed by atoms with Gasteiger partial charge >= 0.3 is 0 Å². The van der Waals surface area contributed by atoms with E-state index in [1.165, 1.54) is 0 Å². The summed E-state index contributed by atoms with van der Waals surface area (Å²) >= 11 is 0. The summed E-state index contributed by atoms with van der Waals surface area (Å²) in [5, 5.41) is 2.93. The molecule has 1 N–H and O–H groups in total. The number of nitrogens with zero attached hydrogens (tertiary/aromatic N) is 1. The molecule has 0 saturated heterocycles. The summed E-state index contributed by atoms with van der Waals surface area (Å²) in [7, 11) is 0. The molecule has 1 heterocycles. The van der Waals surface area contributed by atoms with Crippen molar-refractivity contribution in [2.24, 2.45) is 0 Å². The third-order valence-electron chi connectivity index (χ3n) is 4.94. The lowest BCUT2D eigenvalue weighted by Crippen LogP contribution is -2.41. The standard InChI is InChI=1S/C24H22N2O3/c1-17-12-13-21-20(14-17)24(18-8-4-2-5-9-18)26(15-22(27)25-21)23(28)16-29-19-10-6-3-7-11-19/h2-14,24H,15-16H2,1H3,(H,25,27). The summed E-state index contributed by atoms with van der Waals surface area (Å²) in [6.07, 6.45) is 0. The highest BCUT2D eigenvalue weighted by Gasteiger charge is 2.33. The molecule has 1 unspecified atom stereocenters. The molecule has 2 amide bonds. The Morgan fingerprint density at radius 2 is 1.72 bits per heavy atom. The minimum atomic E-state index is -0.378. The molecule has 0 aromatic heterocycles. The highest BCUT2D eigenvalue weighted by molar-refractivity contribution is 5.97. The largest absolute Gasteiger partial charge is 0.484 e. The van der Waals surface area contributed by atoms with Crippen molar-refractivity contribution in [2.45, 2.75) is 13.0 Å². The Kier molecular flexibility index (Phi) is 5.29. The van der Waals surface area contributed by atoms with Crippen LogP contribution in [0.5, 0.6) is 5.75 Å². The number of hydrogen-bond donors (Lipinski definition) is 1. The fourth-order valence-corrected chi connectivity index (χ4v) is 3.60. The first-order valence-electron chi connectivity index (χ1n) is 9.54. The minimum Gasteiger partial charge on any atom is -0.484 e. The number of fused-ring (bicyclic) bond motifs is 1. The zero-order valence-corrected chi connectivity index (χ0v) is 16.2. The van der Waals surface area contributed by atoms with Gasteiger partial charge in [0.05, 0.1) is 6.04 Å². The van der Waals surface area contributed by atoms with Crippen LogP contribution in [0.4, 0.5) is 5.69 Å². The lowest BCUT2D eigenvalue weighted by molar-refractivity contribution is -0.138. The van der Waals surface area contributed by atoms with Gasteiger partial charge in [-0.3, -0.25) is 9.59 Å². The number of nitrogens with one attached hydrogen (secondary N) is 1. The maximum Gasteiger partial charge on any atom is 0.261 e. The van der Waals surface area contributed by atoms with E-state index < -0.39 is 0 Å². The van der Waals surface area contributed by atoms with E-state index >= 15 is 0 Å². The van der Waals surface area contributed by atoms with Crippen molar-refractivity contribution in [2.75, 3.05) is 18.5 Å². The van der Waals surface area contributed by atoms with E-state index in [1.807, 2.05) is 73.7 Å². The molecule has 0 aliphatic carbocycles. The van der Waals surface area contributed by atoms with Gasteiger partial charge in [-0.2, -0.15) is 0 Å². The number of ether oxygens (including phenoxy) is 1. The lowest BCUT2D eigenvalue weighted by Gasteiger charge is -2.30. The Labute approximate surface area is 169 Å². The summed E-state index contributed by atoms with van der Waals surface area (Å²) in [5.41, 5.74) is 3.64. The van der Waals surface area contributed by atoms with Gasteiger partial charge in [0.15, 0.2) is 6.61 Å². The molecule has 0 spiro atoms.